The molecule has 1 aromatic carbocycles. The fourth-order valence-electron chi connectivity index (χ4n) is 4.55. The third-order valence-electron chi connectivity index (χ3n) is 6.21. The number of benzene rings is 1. The molecule has 1 fully saturated rings. The first-order valence-electron chi connectivity index (χ1n) is 10.9. The molecule has 31 heavy (non-hydrogen) atoms. The molecule has 3 aromatic rings. The van der Waals surface area contributed by atoms with E-state index >= 15 is 0 Å². The number of thiophene rings is 1. The van der Waals surface area contributed by atoms with Gasteiger partial charge in [-0.1, -0.05) is 30.8 Å². The number of aromatic nitrogens is 2. The Balaban J connectivity index is 1.54. The molecular weight excluding hydrogens is 426 g/mol. The minimum Gasteiger partial charge on any atom is -0.376 e. The molecule has 1 aliphatic heterocycles. The minimum absolute atomic E-state index is 0.0766. The van der Waals surface area contributed by atoms with Gasteiger partial charge in [0.25, 0.3) is 5.56 Å². The molecule has 0 bridgehead atoms. The van der Waals surface area contributed by atoms with Gasteiger partial charge < -0.3 is 4.74 Å². The largest absolute Gasteiger partial charge is 0.376 e. The monoisotopic (exact) mass is 451 g/mol. The summed E-state index contributed by atoms with van der Waals surface area (Å²) < 4.78 is 7.70. The standard InChI is InChI=1S/C24H25N3O2S2/c1-15-7-8-19-20(10-15)31-22-21(19)23(28)27(13-18-6-3-9-29-18)24(26-22)30-14-17-5-2-4-16(11-17)12-25/h2,4-5,11,15,18H,3,6-10,13-14H2,1H3. The van der Waals surface area contributed by atoms with Gasteiger partial charge in [0.1, 0.15) is 4.83 Å². The zero-order chi connectivity index (χ0) is 21.4. The normalized spacial score (nSPS) is 20.6. The Kier molecular flexibility index (Phi) is 5.87. The van der Waals surface area contributed by atoms with Crippen LogP contribution in [0.25, 0.3) is 10.2 Å². The van der Waals surface area contributed by atoms with Gasteiger partial charge in [-0.3, -0.25) is 9.36 Å². The van der Waals surface area contributed by atoms with E-state index in [0.717, 1.165) is 59.6 Å². The van der Waals surface area contributed by atoms with Gasteiger partial charge in [-0.15, -0.1) is 11.3 Å². The predicted molar refractivity (Wildman–Crippen MR) is 125 cm³/mol. The van der Waals surface area contributed by atoms with E-state index in [0.29, 0.717) is 23.8 Å². The fourth-order valence-corrected chi connectivity index (χ4v) is 6.92. The van der Waals surface area contributed by atoms with Crippen LogP contribution in [-0.2, 0) is 29.9 Å². The molecule has 1 saturated heterocycles. The highest BCUT2D eigenvalue weighted by Crippen LogP contribution is 2.37. The number of hydrogen-bond acceptors (Lipinski definition) is 6. The Morgan fingerprint density at radius 1 is 1.39 bits per heavy atom. The van der Waals surface area contributed by atoms with Crippen molar-refractivity contribution in [2.24, 2.45) is 5.92 Å². The van der Waals surface area contributed by atoms with Crippen LogP contribution >= 0.6 is 23.1 Å². The van der Waals surface area contributed by atoms with E-state index in [2.05, 4.69) is 13.0 Å². The Labute approximate surface area is 190 Å². The second kappa shape index (κ2) is 8.78. The van der Waals surface area contributed by atoms with Crippen molar-refractivity contribution in [1.29, 1.82) is 5.26 Å². The molecule has 0 saturated carbocycles. The molecule has 5 nitrogen and oxygen atoms in total. The van der Waals surface area contributed by atoms with Crippen LogP contribution < -0.4 is 5.56 Å². The van der Waals surface area contributed by atoms with E-state index < -0.39 is 0 Å². The van der Waals surface area contributed by atoms with Gasteiger partial charge in [0, 0.05) is 17.2 Å². The van der Waals surface area contributed by atoms with Crippen LogP contribution in [-0.4, -0.2) is 22.3 Å². The zero-order valence-corrected chi connectivity index (χ0v) is 19.2. The predicted octanol–water partition coefficient (Wildman–Crippen LogP) is 4.93. The van der Waals surface area contributed by atoms with Crippen LogP contribution in [0, 0.1) is 17.2 Å². The maximum absolute atomic E-state index is 13.7. The number of rotatable bonds is 5. The molecule has 1 aliphatic carbocycles. The molecule has 2 unspecified atom stereocenters. The maximum Gasteiger partial charge on any atom is 0.263 e. The minimum atomic E-state index is 0.0766. The van der Waals surface area contributed by atoms with Crippen molar-refractivity contribution in [2.75, 3.05) is 6.61 Å². The molecule has 2 aromatic heterocycles. The Bertz CT molecular complexity index is 1220. The lowest BCUT2D eigenvalue weighted by molar-refractivity contribution is 0.0937. The fraction of sp³-hybridized carbons (Fsp3) is 0.458. The smallest absolute Gasteiger partial charge is 0.263 e. The Morgan fingerprint density at radius 3 is 3.10 bits per heavy atom. The highest BCUT2D eigenvalue weighted by atomic mass is 32.2. The molecule has 160 valence electrons. The number of nitrogens with zero attached hydrogens (tertiary/aromatic N) is 3. The molecular formula is C24H25N3O2S2. The van der Waals surface area contributed by atoms with Crippen LogP contribution in [0.4, 0.5) is 0 Å². The summed E-state index contributed by atoms with van der Waals surface area (Å²) in [6.45, 7) is 3.61. The van der Waals surface area contributed by atoms with Crippen molar-refractivity contribution in [1.82, 2.24) is 9.55 Å². The van der Waals surface area contributed by atoms with Crippen LogP contribution in [0.15, 0.2) is 34.2 Å². The first-order valence-corrected chi connectivity index (χ1v) is 12.7. The second-order valence-corrected chi connectivity index (χ2v) is 10.6. The van der Waals surface area contributed by atoms with Crippen LogP contribution in [0.3, 0.4) is 0 Å². The summed E-state index contributed by atoms with van der Waals surface area (Å²) in [5.74, 6) is 1.33. The summed E-state index contributed by atoms with van der Waals surface area (Å²) in [5, 5.41) is 10.8. The summed E-state index contributed by atoms with van der Waals surface area (Å²) >= 11 is 3.27. The van der Waals surface area contributed by atoms with Crippen LogP contribution in [0.5, 0.6) is 0 Å². The Morgan fingerprint density at radius 2 is 2.29 bits per heavy atom. The quantitative estimate of drug-likeness (QED) is 0.407. The highest BCUT2D eigenvalue weighted by Gasteiger charge is 2.26. The lowest BCUT2D eigenvalue weighted by atomic mass is 9.89. The first-order chi connectivity index (χ1) is 15.1. The van der Waals surface area contributed by atoms with E-state index in [1.165, 1.54) is 10.4 Å². The summed E-state index contributed by atoms with van der Waals surface area (Å²) in [7, 11) is 0. The SMILES string of the molecule is CC1CCc2c(sc3nc(SCc4cccc(C#N)c4)n(CC4CCCO4)c(=O)c23)C1. The van der Waals surface area contributed by atoms with Crippen molar-refractivity contribution in [3.63, 3.8) is 0 Å². The number of fused-ring (bicyclic) bond motifs is 3. The van der Waals surface area contributed by atoms with E-state index in [4.69, 9.17) is 9.72 Å². The van der Waals surface area contributed by atoms with E-state index in [-0.39, 0.29) is 11.7 Å². The molecule has 0 radical (unpaired) electrons. The van der Waals surface area contributed by atoms with Crippen molar-refractivity contribution in [2.45, 2.75) is 62.6 Å². The van der Waals surface area contributed by atoms with Crippen molar-refractivity contribution >= 4 is 33.3 Å². The van der Waals surface area contributed by atoms with Gasteiger partial charge in [0.2, 0.25) is 0 Å². The van der Waals surface area contributed by atoms with E-state index in [1.54, 1.807) is 23.1 Å². The molecule has 0 N–H and O–H groups in total. The average Bonchev–Trinajstić information content (AvgIpc) is 3.41. The molecule has 3 heterocycles. The second-order valence-electron chi connectivity index (χ2n) is 8.58. The first kappa shape index (κ1) is 20.7. The van der Waals surface area contributed by atoms with Gasteiger partial charge in [0.15, 0.2) is 5.16 Å². The number of hydrogen-bond donors (Lipinski definition) is 0. The zero-order valence-electron chi connectivity index (χ0n) is 17.6. The number of thioether (sulfide) groups is 1. The molecule has 0 amide bonds. The lowest BCUT2D eigenvalue weighted by Crippen LogP contribution is -2.29. The van der Waals surface area contributed by atoms with E-state index in [9.17, 15) is 10.1 Å². The molecule has 2 aliphatic rings. The van der Waals surface area contributed by atoms with E-state index in [1.807, 2.05) is 28.8 Å². The maximum atomic E-state index is 13.7. The van der Waals surface area contributed by atoms with Crippen molar-refractivity contribution in [3.05, 3.63) is 56.2 Å². The highest BCUT2D eigenvalue weighted by molar-refractivity contribution is 7.98. The third kappa shape index (κ3) is 4.17. The molecule has 5 rings (SSSR count). The van der Waals surface area contributed by atoms with Gasteiger partial charge in [-0.05, 0) is 61.3 Å². The summed E-state index contributed by atoms with van der Waals surface area (Å²) in [4.78, 5) is 20.9. The number of nitriles is 1. The Hall–Kier alpha value is -2.14. The number of ether oxygens (including phenoxy) is 1. The van der Waals surface area contributed by atoms with Gasteiger partial charge in [-0.25, -0.2) is 4.98 Å². The van der Waals surface area contributed by atoms with Crippen molar-refractivity contribution in [3.8, 4) is 6.07 Å². The van der Waals surface area contributed by atoms with Crippen molar-refractivity contribution < 1.29 is 4.74 Å². The summed E-state index contributed by atoms with van der Waals surface area (Å²) in [5.41, 5.74) is 3.02. The number of aryl methyl sites for hydroxylation is 1. The molecule has 0 spiro atoms. The van der Waals surface area contributed by atoms with Gasteiger partial charge in [0.05, 0.1) is 29.7 Å². The topological polar surface area (TPSA) is 67.9 Å². The summed E-state index contributed by atoms with van der Waals surface area (Å²) in [6, 6.07) is 9.82. The average molecular weight is 452 g/mol. The third-order valence-corrected chi connectivity index (χ3v) is 8.41. The molecule has 7 heteroatoms. The lowest BCUT2D eigenvalue weighted by Gasteiger charge is -2.18. The van der Waals surface area contributed by atoms with Crippen LogP contribution in [0.2, 0.25) is 0 Å². The van der Waals surface area contributed by atoms with Crippen LogP contribution in [0.1, 0.15) is 47.8 Å². The summed E-state index contributed by atoms with van der Waals surface area (Å²) in [6.07, 6.45) is 5.26. The van der Waals surface area contributed by atoms with Gasteiger partial charge >= 0.3 is 0 Å². The van der Waals surface area contributed by atoms with Gasteiger partial charge in [-0.2, -0.15) is 5.26 Å². The molecule has 2 atom stereocenters.